The molecule has 2 aromatic rings. The molecular formula is C25H29N2O4+. The van der Waals surface area contributed by atoms with Crippen LogP contribution in [0.15, 0.2) is 54.6 Å². The Hall–Kier alpha value is -3.25. The third-order valence-electron chi connectivity index (χ3n) is 5.41. The summed E-state index contributed by atoms with van der Waals surface area (Å²) >= 11 is 0. The molecule has 1 N–H and O–H groups in total. The zero-order valence-corrected chi connectivity index (χ0v) is 18.1. The Bertz CT molecular complexity index is 1010. The van der Waals surface area contributed by atoms with Crippen molar-refractivity contribution in [2.75, 3.05) is 26.7 Å². The van der Waals surface area contributed by atoms with Gasteiger partial charge in [-0.3, -0.25) is 9.69 Å². The number of allylic oxidation sites excluding steroid dienone is 1. The van der Waals surface area contributed by atoms with Crippen molar-refractivity contribution in [3.63, 3.8) is 0 Å². The maximum atomic E-state index is 11.7. The molecule has 1 amide bonds. The molecule has 0 spiro atoms. The molecule has 0 radical (unpaired) electrons. The molecule has 1 aliphatic heterocycles. The van der Waals surface area contributed by atoms with Gasteiger partial charge in [-0.2, -0.15) is 4.58 Å². The number of carbonyl (C=O) groups is 2. The summed E-state index contributed by atoms with van der Waals surface area (Å²) in [6.45, 7) is 5.31. The van der Waals surface area contributed by atoms with Crippen LogP contribution < -0.4 is 4.74 Å². The van der Waals surface area contributed by atoms with E-state index in [1.807, 2.05) is 42.6 Å². The lowest BCUT2D eigenvalue weighted by molar-refractivity contribution is -0.437. The summed E-state index contributed by atoms with van der Waals surface area (Å²) in [7, 11) is 1.65. The molecule has 0 bridgehead atoms. The average Bonchev–Trinajstić information content (AvgIpc) is 3.17. The molecule has 0 saturated heterocycles. The van der Waals surface area contributed by atoms with Crippen molar-refractivity contribution >= 4 is 18.1 Å². The number of hydrogen-bond donors (Lipinski definition) is 1. The molecule has 1 aliphatic rings. The van der Waals surface area contributed by atoms with Crippen LogP contribution >= 0.6 is 0 Å². The quantitative estimate of drug-likeness (QED) is 0.564. The largest absolute Gasteiger partial charge is 0.496 e. The van der Waals surface area contributed by atoms with E-state index in [2.05, 4.69) is 17.9 Å². The summed E-state index contributed by atoms with van der Waals surface area (Å²) in [5.41, 5.74) is 3.82. The van der Waals surface area contributed by atoms with Crippen molar-refractivity contribution in [1.82, 2.24) is 4.90 Å². The van der Waals surface area contributed by atoms with Crippen molar-refractivity contribution in [2.24, 2.45) is 0 Å². The van der Waals surface area contributed by atoms with Gasteiger partial charge in [-0.15, -0.1) is 0 Å². The number of methoxy groups -OCH3 is 1. The normalized spacial score (nSPS) is 13.0. The molecule has 1 heterocycles. The first kappa shape index (κ1) is 22.4. The molecule has 0 aliphatic carbocycles. The van der Waals surface area contributed by atoms with Gasteiger partial charge in [0.2, 0.25) is 0 Å². The van der Waals surface area contributed by atoms with Gasteiger partial charge in [-0.05, 0) is 29.3 Å². The number of ether oxygens (including phenoxy) is 1. The highest BCUT2D eigenvalue weighted by molar-refractivity contribution is 5.93. The third-order valence-corrected chi connectivity index (χ3v) is 5.41. The fourth-order valence-electron chi connectivity index (χ4n) is 3.86. The van der Waals surface area contributed by atoms with E-state index < -0.39 is 5.97 Å². The summed E-state index contributed by atoms with van der Waals surface area (Å²) in [6, 6.07) is 13.6. The minimum absolute atomic E-state index is 0.0134. The Labute approximate surface area is 183 Å². The minimum atomic E-state index is -0.849. The van der Waals surface area contributed by atoms with Crippen LogP contribution in [0, 0.1) is 0 Å². The second-order valence-corrected chi connectivity index (χ2v) is 7.53. The molecule has 162 valence electrons. The first-order valence-electron chi connectivity index (χ1n) is 10.5. The van der Waals surface area contributed by atoms with Crippen molar-refractivity contribution in [1.29, 1.82) is 0 Å². The number of rotatable bonds is 11. The molecule has 6 heteroatoms. The number of carboxylic acids is 1. The van der Waals surface area contributed by atoms with E-state index in [1.54, 1.807) is 23.8 Å². The highest BCUT2D eigenvalue weighted by Crippen LogP contribution is 2.34. The van der Waals surface area contributed by atoms with Crippen LogP contribution in [-0.2, 0) is 22.6 Å². The Balaban J connectivity index is 1.79. The van der Waals surface area contributed by atoms with Crippen LogP contribution in [0.4, 0.5) is 0 Å². The number of benzene rings is 2. The first-order valence-corrected chi connectivity index (χ1v) is 10.5. The number of amides is 1. The summed E-state index contributed by atoms with van der Waals surface area (Å²) < 4.78 is 7.38. The number of aliphatic carboxylic acids is 1. The van der Waals surface area contributed by atoms with E-state index >= 15 is 0 Å². The van der Waals surface area contributed by atoms with E-state index in [1.165, 1.54) is 0 Å². The number of carbonyl (C=O) groups excluding carboxylic acids is 1. The van der Waals surface area contributed by atoms with Crippen LogP contribution in [0.25, 0.3) is 11.1 Å². The first-order chi connectivity index (χ1) is 15.0. The predicted octanol–water partition coefficient (Wildman–Crippen LogP) is 3.38. The Morgan fingerprint density at radius 3 is 2.68 bits per heavy atom. The van der Waals surface area contributed by atoms with Crippen molar-refractivity contribution in [3.8, 4) is 16.9 Å². The highest BCUT2D eigenvalue weighted by Gasteiger charge is 2.19. The third kappa shape index (κ3) is 5.89. The van der Waals surface area contributed by atoms with E-state index in [0.717, 1.165) is 54.1 Å². The molecule has 2 aromatic carbocycles. The van der Waals surface area contributed by atoms with E-state index in [4.69, 9.17) is 9.84 Å². The number of nitrogens with zero attached hydrogens (tertiary/aromatic N) is 2. The molecule has 0 fully saturated rings. The molecule has 3 rings (SSSR count). The van der Waals surface area contributed by atoms with Crippen LogP contribution in [0.1, 0.15) is 24.5 Å². The van der Waals surface area contributed by atoms with Gasteiger partial charge in [-0.1, -0.05) is 43.3 Å². The van der Waals surface area contributed by atoms with Gasteiger partial charge in [0, 0.05) is 31.1 Å². The summed E-state index contributed by atoms with van der Waals surface area (Å²) in [4.78, 5) is 25.2. The zero-order chi connectivity index (χ0) is 22.2. The fraction of sp³-hybridized carbons (Fsp3) is 0.320. The summed E-state index contributed by atoms with van der Waals surface area (Å²) in [5.74, 6) is -0.0396. The van der Waals surface area contributed by atoms with Crippen molar-refractivity contribution < 1.29 is 24.0 Å². The van der Waals surface area contributed by atoms with Gasteiger partial charge in [0.25, 0.3) is 0 Å². The topological polar surface area (TPSA) is 69.8 Å². The molecular weight excluding hydrogens is 392 g/mol. The highest BCUT2D eigenvalue weighted by atomic mass is 16.5. The number of carboxylic acid groups (broad SMARTS) is 1. The van der Waals surface area contributed by atoms with Gasteiger partial charge in [-0.25, -0.2) is 4.79 Å². The molecule has 31 heavy (non-hydrogen) atoms. The van der Waals surface area contributed by atoms with Gasteiger partial charge >= 0.3 is 11.9 Å². The second-order valence-electron chi connectivity index (χ2n) is 7.53. The van der Waals surface area contributed by atoms with Gasteiger partial charge < -0.3 is 9.84 Å². The Kier molecular flexibility index (Phi) is 7.73. The SMILES string of the molecule is CCN(CCC[N+]1=CC=CC1=O)Cc1cccc(OC)c1-c1cccc(CC(=O)O)c1. The molecule has 6 nitrogen and oxygen atoms in total. The molecule has 0 atom stereocenters. The van der Waals surface area contributed by atoms with Gasteiger partial charge in [0.05, 0.1) is 19.6 Å². The van der Waals surface area contributed by atoms with Crippen molar-refractivity contribution in [3.05, 3.63) is 65.7 Å². The maximum absolute atomic E-state index is 11.7. The van der Waals surface area contributed by atoms with Crippen molar-refractivity contribution in [2.45, 2.75) is 26.3 Å². The van der Waals surface area contributed by atoms with E-state index in [0.29, 0.717) is 6.54 Å². The Morgan fingerprint density at radius 1 is 1.19 bits per heavy atom. The monoisotopic (exact) mass is 421 g/mol. The second kappa shape index (κ2) is 10.7. The summed E-state index contributed by atoms with van der Waals surface area (Å²) in [5, 5.41) is 9.15. The molecule has 0 unspecified atom stereocenters. The maximum Gasteiger partial charge on any atom is 0.412 e. The lowest BCUT2D eigenvalue weighted by atomic mass is 9.96. The van der Waals surface area contributed by atoms with Crippen LogP contribution in [0.3, 0.4) is 0 Å². The van der Waals surface area contributed by atoms with Gasteiger partial charge in [0.1, 0.15) is 5.75 Å². The average molecular weight is 422 g/mol. The smallest absolute Gasteiger partial charge is 0.412 e. The lowest BCUT2D eigenvalue weighted by Gasteiger charge is -2.23. The zero-order valence-electron chi connectivity index (χ0n) is 18.1. The van der Waals surface area contributed by atoms with Crippen LogP contribution in [-0.4, -0.2) is 59.4 Å². The lowest BCUT2D eigenvalue weighted by Crippen LogP contribution is -2.27. The van der Waals surface area contributed by atoms with Crippen LogP contribution in [0.2, 0.25) is 0 Å². The predicted molar refractivity (Wildman–Crippen MR) is 121 cm³/mol. The summed E-state index contributed by atoms with van der Waals surface area (Å²) in [6.07, 6.45) is 6.05. The van der Waals surface area contributed by atoms with E-state index in [9.17, 15) is 9.59 Å². The Morgan fingerprint density at radius 2 is 2.00 bits per heavy atom. The minimum Gasteiger partial charge on any atom is -0.496 e. The standard InChI is InChI=1S/C25H28N2O4/c1-3-26(13-7-15-27-14-6-12-23(27)28)18-21-10-5-11-22(31-2)25(21)20-9-4-8-19(16-20)17-24(29)30/h4-6,8-12,14,16H,3,7,13,15,17-18H2,1-2H3/p+1. The van der Waals surface area contributed by atoms with Gasteiger partial charge in [0.15, 0.2) is 12.8 Å². The molecule has 0 saturated carbocycles. The van der Waals surface area contributed by atoms with E-state index in [-0.39, 0.29) is 12.3 Å². The fourth-order valence-corrected chi connectivity index (χ4v) is 3.86. The molecule has 0 aromatic heterocycles. The van der Waals surface area contributed by atoms with Crippen LogP contribution in [0.5, 0.6) is 5.75 Å². The number of hydrogen-bond acceptors (Lipinski definition) is 4.